The van der Waals surface area contributed by atoms with Crippen molar-refractivity contribution in [2.45, 2.75) is 75.7 Å². The molecule has 0 atom stereocenters. The number of carbonyl (C=O) groups is 1. The third-order valence-electron chi connectivity index (χ3n) is 6.25. The number of nitrogens with one attached hydrogen (secondary N) is 2. The minimum absolute atomic E-state index is 0.0421. The van der Waals surface area contributed by atoms with Gasteiger partial charge in [0.2, 0.25) is 0 Å². The zero-order chi connectivity index (χ0) is 22.3. The van der Waals surface area contributed by atoms with Crippen molar-refractivity contribution in [3.05, 3.63) is 57.5 Å². The Kier molecular flexibility index (Phi) is 8.36. The molecule has 2 aliphatic rings. The molecule has 2 aromatic rings. The van der Waals surface area contributed by atoms with Crippen molar-refractivity contribution in [2.24, 2.45) is 0 Å². The molecule has 0 spiro atoms. The zero-order valence-electron chi connectivity index (χ0n) is 18.1. The summed E-state index contributed by atoms with van der Waals surface area (Å²) in [5.41, 5.74) is 0. The van der Waals surface area contributed by atoms with Gasteiger partial charge in [0.15, 0.2) is 0 Å². The van der Waals surface area contributed by atoms with Gasteiger partial charge in [0, 0.05) is 21.0 Å². The summed E-state index contributed by atoms with van der Waals surface area (Å²) in [5, 5.41) is 6.33. The molecule has 0 aromatic heterocycles. The van der Waals surface area contributed by atoms with Crippen LogP contribution in [-0.2, 0) is 0 Å². The van der Waals surface area contributed by atoms with Crippen LogP contribution in [-0.4, -0.2) is 30.3 Å². The van der Waals surface area contributed by atoms with Gasteiger partial charge in [-0.25, -0.2) is 4.79 Å². The molecule has 5 nitrogen and oxygen atoms in total. The molecule has 0 saturated heterocycles. The summed E-state index contributed by atoms with van der Waals surface area (Å²) in [5.74, 6) is 1.81. The number of amides is 2. The molecule has 0 radical (unpaired) electrons. The Hall–Kier alpha value is -1.73. The Labute approximate surface area is 206 Å². The van der Waals surface area contributed by atoms with E-state index < -0.39 is 0 Å². The first-order chi connectivity index (χ1) is 15.5. The van der Waals surface area contributed by atoms with Gasteiger partial charge in [-0.15, -0.1) is 0 Å². The van der Waals surface area contributed by atoms with E-state index in [0.717, 1.165) is 71.8 Å². The number of halogens is 2. The number of ether oxygens (including phenoxy) is 2. The van der Waals surface area contributed by atoms with E-state index in [1.54, 1.807) is 0 Å². The van der Waals surface area contributed by atoms with Crippen LogP contribution in [0.1, 0.15) is 51.4 Å². The maximum Gasteiger partial charge on any atom is 0.315 e. The predicted octanol–water partition coefficient (Wildman–Crippen LogP) is 6.59. The fraction of sp³-hybridized carbons (Fsp3) is 0.480. The molecule has 2 saturated carbocycles. The highest BCUT2D eigenvalue weighted by Gasteiger charge is 2.26. The molecule has 0 heterocycles. The van der Waals surface area contributed by atoms with Gasteiger partial charge >= 0.3 is 6.03 Å². The summed E-state index contributed by atoms with van der Waals surface area (Å²) in [4.78, 5) is 12.5. The molecule has 4 rings (SSSR count). The molecule has 32 heavy (non-hydrogen) atoms. The van der Waals surface area contributed by atoms with Crippen LogP contribution in [0.25, 0.3) is 0 Å². The van der Waals surface area contributed by atoms with Crippen molar-refractivity contribution in [3.8, 4) is 11.5 Å². The highest BCUT2D eigenvalue weighted by Crippen LogP contribution is 2.26. The van der Waals surface area contributed by atoms with Crippen LogP contribution in [0.3, 0.4) is 0 Å². The van der Waals surface area contributed by atoms with Gasteiger partial charge in [-0.2, -0.15) is 0 Å². The smallest absolute Gasteiger partial charge is 0.315 e. The number of hydrogen-bond donors (Lipinski definition) is 2. The third kappa shape index (κ3) is 7.14. The highest BCUT2D eigenvalue weighted by atomic mass is 79.9. The van der Waals surface area contributed by atoms with E-state index in [2.05, 4.69) is 42.5 Å². The van der Waals surface area contributed by atoms with E-state index in [-0.39, 0.29) is 30.3 Å². The molecule has 2 aliphatic carbocycles. The summed E-state index contributed by atoms with van der Waals surface area (Å²) in [7, 11) is 0. The molecule has 7 heteroatoms. The van der Waals surface area contributed by atoms with E-state index in [0.29, 0.717) is 0 Å². The van der Waals surface area contributed by atoms with Crippen LogP contribution in [0, 0.1) is 0 Å². The molecule has 0 aliphatic heterocycles. The molecule has 0 unspecified atom stereocenters. The number of urea groups is 1. The van der Waals surface area contributed by atoms with E-state index in [9.17, 15) is 4.79 Å². The first kappa shape index (κ1) is 23.4. The van der Waals surface area contributed by atoms with E-state index in [1.807, 2.05) is 48.5 Å². The summed E-state index contributed by atoms with van der Waals surface area (Å²) in [6.45, 7) is 0. The molecular formula is C25H30Br2N2O3. The molecule has 172 valence electrons. The maximum absolute atomic E-state index is 12.5. The molecule has 2 N–H and O–H groups in total. The van der Waals surface area contributed by atoms with Gasteiger partial charge in [-0.3, -0.25) is 0 Å². The van der Waals surface area contributed by atoms with Crippen molar-refractivity contribution >= 4 is 37.9 Å². The van der Waals surface area contributed by atoms with Crippen LogP contribution >= 0.6 is 31.9 Å². The minimum Gasteiger partial charge on any atom is -0.490 e. The van der Waals surface area contributed by atoms with Gasteiger partial charge in [0.25, 0.3) is 0 Å². The van der Waals surface area contributed by atoms with E-state index >= 15 is 0 Å². The van der Waals surface area contributed by atoms with Gasteiger partial charge in [-0.1, -0.05) is 31.9 Å². The molecule has 2 aromatic carbocycles. The van der Waals surface area contributed by atoms with Crippen LogP contribution in [0.4, 0.5) is 4.79 Å². The lowest BCUT2D eigenvalue weighted by Crippen LogP contribution is -2.49. The average Bonchev–Trinajstić information content (AvgIpc) is 2.79. The normalized spacial score (nSPS) is 25.6. The first-order valence-electron chi connectivity index (χ1n) is 11.4. The van der Waals surface area contributed by atoms with Crippen LogP contribution in [0.2, 0.25) is 0 Å². The SMILES string of the molecule is O=C(NC1CCC(Oc2ccc(Br)cc2)CC1)NC1CCC(Oc2ccc(Br)cc2)CC1. The Balaban J connectivity index is 1.12. The van der Waals surface area contributed by atoms with Crippen LogP contribution in [0.5, 0.6) is 11.5 Å². The number of benzene rings is 2. The summed E-state index contributed by atoms with van der Waals surface area (Å²) in [6.07, 6.45) is 8.06. The fourth-order valence-electron chi connectivity index (χ4n) is 4.47. The van der Waals surface area contributed by atoms with Crippen molar-refractivity contribution in [2.75, 3.05) is 0 Å². The lowest BCUT2D eigenvalue weighted by molar-refractivity contribution is 0.134. The molecular weight excluding hydrogens is 536 g/mol. The Morgan fingerprint density at radius 2 is 0.969 bits per heavy atom. The maximum atomic E-state index is 12.5. The largest absolute Gasteiger partial charge is 0.490 e. The Bertz CT molecular complexity index is 788. The van der Waals surface area contributed by atoms with Gasteiger partial charge in [0.1, 0.15) is 11.5 Å². The second-order valence-corrected chi connectivity index (χ2v) is 10.5. The van der Waals surface area contributed by atoms with Crippen molar-refractivity contribution in [3.63, 3.8) is 0 Å². The average molecular weight is 566 g/mol. The Morgan fingerprint density at radius 1 is 0.625 bits per heavy atom. The van der Waals surface area contributed by atoms with Gasteiger partial charge in [-0.05, 0) is 99.9 Å². The van der Waals surface area contributed by atoms with Crippen LogP contribution in [0.15, 0.2) is 57.5 Å². The zero-order valence-corrected chi connectivity index (χ0v) is 21.2. The molecule has 2 amide bonds. The fourth-order valence-corrected chi connectivity index (χ4v) is 5.00. The number of carbonyl (C=O) groups excluding carboxylic acids is 1. The quantitative estimate of drug-likeness (QED) is 0.415. The van der Waals surface area contributed by atoms with E-state index in [1.165, 1.54) is 0 Å². The van der Waals surface area contributed by atoms with Crippen molar-refractivity contribution in [1.29, 1.82) is 0 Å². The van der Waals surface area contributed by atoms with Crippen LogP contribution < -0.4 is 20.1 Å². The Morgan fingerprint density at radius 3 is 1.31 bits per heavy atom. The van der Waals surface area contributed by atoms with Crippen molar-refractivity contribution in [1.82, 2.24) is 10.6 Å². The monoisotopic (exact) mass is 564 g/mol. The molecule has 2 fully saturated rings. The molecule has 0 bridgehead atoms. The topological polar surface area (TPSA) is 59.6 Å². The summed E-state index contributed by atoms with van der Waals surface area (Å²) in [6, 6.07) is 16.3. The van der Waals surface area contributed by atoms with E-state index in [4.69, 9.17) is 9.47 Å². The first-order valence-corrected chi connectivity index (χ1v) is 13.0. The summed E-state index contributed by atoms with van der Waals surface area (Å²) >= 11 is 6.89. The lowest BCUT2D eigenvalue weighted by Gasteiger charge is -2.32. The number of hydrogen-bond acceptors (Lipinski definition) is 3. The minimum atomic E-state index is -0.0421. The standard InChI is InChI=1S/C25H30Br2N2O3/c26-17-1-9-21(10-2-17)31-23-13-5-19(6-14-23)28-25(30)29-20-7-15-24(16-8-20)32-22-11-3-18(27)4-12-22/h1-4,9-12,19-20,23-24H,5-8,13-16H2,(H2,28,29,30). The third-order valence-corrected chi connectivity index (χ3v) is 7.31. The number of rotatable bonds is 6. The highest BCUT2D eigenvalue weighted by molar-refractivity contribution is 9.10. The lowest BCUT2D eigenvalue weighted by atomic mass is 9.92. The van der Waals surface area contributed by atoms with Gasteiger partial charge < -0.3 is 20.1 Å². The van der Waals surface area contributed by atoms with Gasteiger partial charge in [0.05, 0.1) is 12.2 Å². The summed E-state index contributed by atoms with van der Waals surface area (Å²) < 4.78 is 14.3. The second kappa shape index (κ2) is 11.4. The van der Waals surface area contributed by atoms with Crippen molar-refractivity contribution < 1.29 is 14.3 Å². The second-order valence-electron chi connectivity index (χ2n) is 8.71. The predicted molar refractivity (Wildman–Crippen MR) is 133 cm³/mol.